The van der Waals surface area contributed by atoms with E-state index in [1.165, 1.54) is 9.71 Å². The second-order valence-electron chi connectivity index (χ2n) is 6.75. The average molecular weight is 380 g/mol. The van der Waals surface area contributed by atoms with Crippen molar-refractivity contribution in [3.8, 4) is 0 Å². The van der Waals surface area contributed by atoms with Gasteiger partial charge in [-0.05, 0) is 31.0 Å². The van der Waals surface area contributed by atoms with Crippen LogP contribution in [0.3, 0.4) is 0 Å². The van der Waals surface area contributed by atoms with E-state index in [0.29, 0.717) is 18.9 Å². The van der Waals surface area contributed by atoms with Crippen LogP contribution >= 0.6 is 22.9 Å². The van der Waals surface area contributed by atoms with Crippen molar-refractivity contribution in [1.82, 2.24) is 15.2 Å². The summed E-state index contributed by atoms with van der Waals surface area (Å²) in [5.74, 6) is 0.675. The quantitative estimate of drug-likeness (QED) is 0.890. The van der Waals surface area contributed by atoms with Crippen LogP contribution in [0.1, 0.15) is 30.2 Å². The van der Waals surface area contributed by atoms with Gasteiger partial charge >= 0.3 is 0 Å². The maximum Gasteiger partial charge on any atom is 0.224 e. The predicted octanol–water partition coefficient (Wildman–Crippen LogP) is 3.03. The third-order valence-electron chi connectivity index (χ3n) is 4.98. The Bertz CT molecular complexity index is 752. The molecule has 2 saturated heterocycles. The Labute approximate surface area is 156 Å². The molecule has 7 heteroatoms. The Morgan fingerprint density at radius 1 is 1.40 bits per heavy atom. The van der Waals surface area contributed by atoms with Crippen LogP contribution in [-0.2, 0) is 9.53 Å². The zero-order valence-corrected chi connectivity index (χ0v) is 15.6. The van der Waals surface area contributed by atoms with Crippen molar-refractivity contribution >= 4 is 39.1 Å². The summed E-state index contributed by atoms with van der Waals surface area (Å²) >= 11 is 7.80. The molecule has 2 aliphatic rings. The minimum absolute atomic E-state index is 0.160. The SMILES string of the molecule is O=C(CC1COCCN1)N1CCC(c2nc3cc(Cl)ccc3s2)CC1. The standard InChI is InChI=1S/C18H22ClN3O2S/c19-13-1-2-16-15(9-13)21-18(25-16)12-3-6-22(7-4-12)17(23)10-14-11-24-8-5-20-14/h1-2,9,12,14,20H,3-8,10-11H2. The average Bonchev–Trinajstić information content (AvgIpc) is 3.06. The van der Waals surface area contributed by atoms with E-state index in [1.807, 2.05) is 23.1 Å². The highest BCUT2D eigenvalue weighted by atomic mass is 35.5. The van der Waals surface area contributed by atoms with Crippen LogP contribution in [0.2, 0.25) is 5.02 Å². The molecule has 1 amide bonds. The van der Waals surface area contributed by atoms with Crippen LogP contribution < -0.4 is 5.32 Å². The number of fused-ring (bicyclic) bond motifs is 1. The second kappa shape index (κ2) is 7.58. The van der Waals surface area contributed by atoms with Crippen LogP contribution in [-0.4, -0.2) is 54.7 Å². The van der Waals surface area contributed by atoms with Gasteiger partial charge in [0.15, 0.2) is 0 Å². The van der Waals surface area contributed by atoms with E-state index in [-0.39, 0.29) is 11.9 Å². The third kappa shape index (κ3) is 3.97. The van der Waals surface area contributed by atoms with E-state index in [4.69, 9.17) is 21.3 Å². The highest BCUT2D eigenvalue weighted by Gasteiger charge is 2.27. The van der Waals surface area contributed by atoms with Crippen molar-refractivity contribution in [1.29, 1.82) is 0 Å². The molecule has 1 aromatic carbocycles. The number of amides is 1. The van der Waals surface area contributed by atoms with Gasteiger partial charge in [-0.1, -0.05) is 11.6 Å². The molecule has 134 valence electrons. The molecule has 0 aliphatic carbocycles. The first kappa shape index (κ1) is 17.2. The summed E-state index contributed by atoms with van der Waals surface area (Å²) in [5, 5.41) is 5.25. The van der Waals surface area contributed by atoms with E-state index < -0.39 is 0 Å². The lowest BCUT2D eigenvalue weighted by Crippen LogP contribution is -2.46. The summed E-state index contributed by atoms with van der Waals surface area (Å²) in [6.07, 6.45) is 2.49. The molecule has 0 bridgehead atoms. The number of nitrogens with zero attached hydrogens (tertiary/aromatic N) is 2. The van der Waals surface area contributed by atoms with Gasteiger partial charge in [-0.3, -0.25) is 4.79 Å². The Balaban J connectivity index is 1.34. The van der Waals surface area contributed by atoms with E-state index in [2.05, 4.69) is 5.32 Å². The molecule has 2 fully saturated rings. The molecule has 0 radical (unpaired) electrons. The molecule has 0 saturated carbocycles. The maximum atomic E-state index is 12.5. The van der Waals surface area contributed by atoms with Crippen LogP contribution in [0, 0.1) is 0 Å². The summed E-state index contributed by atoms with van der Waals surface area (Å²) in [5.41, 5.74) is 0.981. The van der Waals surface area contributed by atoms with E-state index >= 15 is 0 Å². The van der Waals surface area contributed by atoms with Gasteiger partial charge < -0.3 is 15.0 Å². The fraction of sp³-hybridized carbons (Fsp3) is 0.556. The molecule has 2 aromatic rings. The molecule has 1 aromatic heterocycles. The summed E-state index contributed by atoms with van der Waals surface area (Å²) in [7, 11) is 0. The topological polar surface area (TPSA) is 54.5 Å². The molecule has 4 rings (SSSR count). The van der Waals surface area contributed by atoms with Gasteiger partial charge in [-0.15, -0.1) is 11.3 Å². The maximum absolute atomic E-state index is 12.5. The van der Waals surface area contributed by atoms with Gasteiger partial charge in [0.1, 0.15) is 0 Å². The first-order valence-corrected chi connectivity index (χ1v) is 10.0. The zero-order chi connectivity index (χ0) is 17.2. The van der Waals surface area contributed by atoms with Gasteiger partial charge in [-0.25, -0.2) is 4.98 Å². The number of benzene rings is 1. The van der Waals surface area contributed by atoms with E-state index in [9.17, 15) is 4.79 Å². The Morgan fingerprint density at radius 2 is 2.24 bits per heavy atom. The number of rotatable bonds is 3. The number of ether oxygens (including phenoxy) is 1. The van der Waals surface area contributed by atoms with Crippen molar-refractivity contribution in [2.75, 3.05) is 32.8 Å². The molecule has 0 spiro atoms. The van der Waals surface area contributed by atoms with Gasteiger partial charge in [0.05, 0.1) is 28.4 Å². The molecule has 2 aliphatic heterocycles. The van der Waals surface area contributed by atoms with E-state index in [0.717, 1.165) is 49.6 Å². The lowest BCUT2D eigenvalue weighted by Gasteiger charge is -2.33. The number of carbonyl (C=O) groups is 1. The number of carbonyl (C=O) groups excluding carboxylic acids is 1. The molecule has 1 unspecified atom stereocenters. The number of aromatic nitrogens is 1. The number of nitrogens with one attached hydrogen (secondary N) is 1. The summed E-state index contributed by atoms with van der Waals surface area (Å²) < 4.78 is 6.61. The minimum Gasteiger partial charge on any atom is -0.378 e. The van der Waals surface area contributed by atoms with Gasteiger partial charge in [0.2, 0.25) is 5.91 Å². The number of halogens is 1. The molecule has 1 N–H and O–H groups in total. The van der Waals surface area contributed by atoms with Crippen molar-refractivity contribution in [2.45, 2.75) is 31.2 Å². The Hall–Kier alpha value is -1.21. The Kier molecular flexibility index (Phi) is 5.22. The lowest BCUT2D eigenvalue weighted by atomic mass is 9.97. The normalized spacial score (nSPS) is 22.4. The number of morpholine rings is 1. The monoisotopic (exact) mass is 379 g/mol. The van der Waals surface area contributed by atoms with Crippen molar-refractivity contribution in [2.24, 2.45) is 0 Å². The van der Waals surface area contributed by atoms with Crippen molar-refractivity contribution in [3.63, 3.8) is 0 Å². The molecular formula is C18H22ClN3O2S. The fourth-order valence-electron chi connectivity index (χ4n) is 3.56. The lowest BCUT2D eigenvalue weighted by molar-refractivity contribution is -0.133. The summed E-state index contributed by atoms with van der Waals surface area (Å²) in [6.45, 7) is 3.84. The highest BCUT2D eigenvalue weighted by Crippen LogP contribution is 2.34. The van der Waals surface area contributed by atoms with Gasteiger partial charge in [-0.2, -0.15) is 0 Å². The fourth-order valence-corrected chi connectivity index (χ4v) is 4.84. The first-order valence-electron chi connectivity index (χ1n) is 8.84. The summed E-state index contributed by atoms with van der Waals surface area (Å²) in [6, 6.07) is 6.04. The molecule has 5 nitrogen and oxygen atoms in total. The highest BCUT2D eigenvalue weighted by molar-refractivity contribution is 7.18. The van der Waals surface area contributed by atoms with Crippen molar-refractivity contribution < 1.29 is 9.53 Å². The van der Waals surface area contributed by atoms with Gasteiger partial charge in [0, 0.05) is 43.0 Å². The van der Waals surface area contributed by atoms with Crippen LogP contribution in [0.5, 0.6) is 0 Å². The molecular weight excluding hydrogens is 358 g/mol. The van der Waals surface area contributed by atoms with Crippen LogP contribution in [0.4, 0.5) is 0 Å². The largest absolute Gasteiger partial charge is 0.378 e. The van der Waals surface area contributed by atoms with Crippen molar-refractivity contribution in [3.05, 3.63) is 28.2 Å². The molecule has 3 heterocycles. The number of hydrogen-bond donors (Lipinski definition) is 1. The Morgan fingerprint density at radius 3 is 3.00 bits per heavy atom. The smallest absolute Gasteiger partial charge is 0.224 e. The first-order chi connectivity index (χ1) is 12.2. The predicted molar refractivity (Wildman–Crippen MR) is 100 cm³/mol. The van der Waals surface area contributed by atoms with E-state index in [1.54, 1.807) is 11.3 Å². The number of likely N-dealkylation sites (tertiary alicyclic amines) is 1. The zero-order valence-electron chi connectivity index (χ0n) is 14.0. The molecule has 25 heavy (non-hydrogen) atoms. The molecule has 1 atom stereocenters. The van der Waals surface area contributed by atoms with Crippen LogP contribution in [0.25, 0.3) is 10.2 Å². The van der Waals surface area contributed by atoms with Crippen LogP contribution in [0.15, 0.2) is 18.2 Å². The second-order valence-corrected chi connectivity index (χ2v) is 8.25. The number of thiazole rings is 1. The number of piperidine rings is 1. The van der Waals surface area contributed by atoms with Gasteiger partial charge in [0.25, 0.3) is 0 Å². The third-order valence-corrected chi connectivity index (χ3v) is 6.42. The number of hydrogen-bond acceptors (Lipinski definition) is 5. The summed E-state index contributed by atoms with van der Waals surface area (Å²) in [4.78, 5) is 19.3. The minimum atomic E-state index is 0.160.